The van der Waals surface area contributed by atoms with Crippen molar-refractivity contribution < 1.29 is 9.18 Å². The molecule has 0 radical (unpaired) electrons. The van der Waals surface area contributed by atoms with E-state index >= 15 is 0 Å². The summed E-state index contributed by atoms with van der Waals surface area (Å²) in [7, 11) is 1.57. The number of halogens is 3. The highest BCUT2D eigenvalue weighted by Gasteiger charge is 2.30. The van der Waals surface area contributed by atoms with E-state index < -0.39 is 11.9 Å². The van der Waals surface area contributed by atoms with Crippen LogP contribution in [0.2, 0.25) is 5.28 Å². The average Bonchev–Trinajstić information content (AvgIpc) is 2.87. The molecule has 2 aromatic heterocycles. The third-order valence-corrected chi connectivity index (χ3v) is 5.67. The van der Waals surface area contributed by atoms with E-state index in [0.717, 1.165) is 17.7 Å². The van der Waals surface area contributed by atoms with Gasteiger partial charge in [0.25, 0.3) is 5.91 Å². The largest absolute Gasteiger partial charge is 0.354 e. The Hall–Kier alpha value is -2.10. The first-order valence-electron chi connectivity index (χ1n) is 8.76. The Morgan fingerprint density at radius 1 is 1.43 bits per heavy atom. The van der Waals surface area contributed by atoms with Crippen LogP contribution in [0, 0.1) is 12.7 Å². The van der Waals surface area contributed by atoms with E-state index in [1.807, 2.05) is 11.6 Å². The Balaban J connectivity index is 1.98. The SMILES string of the molecule is CNC(=O)c1nn2c(c1C)C(c1nc(Cl)nc3c(F)c(Br)ccc13)NCCC2. The van der Waals surface area contributed by atoms with Crippen molar-refractivity contribution in [2.75, 3.05) is 13.6 Å². The van der Waals surface area contributed by atoms with Crippen molar-refractivity contribution in [3.8, 4) is 0 Å². The van der Waals surface area contributed by atoms with Gasteiger partial charge in [-0.2, -0.15) is 5.10 Å². The zero-order valence-corrected chi connectivity index (χ0v) is 17.5. The molecule has 0 spiro atoms. The normalized spacial score (nSPS) is 16.7. The fraction of sp³-hybridized carbons (Fsp3) is 0.333. The van der Waals surface area contributed by atoms with E-state index in [-0.39, 0.29) is 16.7 Å². The van der Waals surface area contributed by atoms with Gasteiger partial charge in [-0.15, -0.1) is 0 Å². The number of aryl methyl sites for hydroxylation is 1. The maximum atomic E-state index is 14.6. The zero-order valence-electron chi connectivity index (χ0n) is 15.2. The summed E-state index contributed by atoms with van der Waals surface area (Å²) in [5.74, 6) is -0.745. The number of benzene rings is 1. The number of fused-ring (bicyclic) bond motifs is 2. The molecule has 1 unspecified atom stereocenters. The second-order valence-electron chi connectivity index (χ2n) is 6.54. The summed E-state index contributed by atoms with van der Waals surface area (Å²) in [5, 5.41) is 11.1. The maximum Gasteiger partial charge on any atom is 0.271 e. The quantitative estimate of drug-likeness (QED) is 0.566. The summed E-state index contributed by atoms with van der Waals surface area (Å²) in [4.78, 5) is 20.7. The second kappa shape index (κ2) is 7.38. The Morgan fingerprint density at radius 2 is 2.21 bits per heavy atom. The fourth-order valence-electron chi connectivity index (χ4n) is 3.59. The molecule has 1 aliphatic heterocycles. The first-order chi connectivity index (χ1) is 13.4. The van der Waals surface area contributed by atoms with Gasteiger partial charge in [-0.1, -0.05) is 0 Å². The molecule has 2 N–H and O–H groups in total. The monoisotopic (exact) mass is 466 g/mol. The highest BCUT2D eigenvalue weighted by atomic mass is 79.9. The van der Waals surface area contributed by atoms with Gasteiger partial charge in [0.1, 0.15) is 5.52 Å². The molecule has 0 saturated carbocycles. The first kappa shape index (κ1) is 19.2. The Labute approximate surface area is 173 Å². The van der Waals surface area contributed by atoms with E-state index in [1.54, 1.807) is 19.2 Å². The van der Waals surface area contributed by atoms with Crippen LogP contribution in [-0.4, -0.2) is 39.2 Å². The van der Waals surface area contributed by atoms with Crippen molar-refractivity contribution >= 4 is 44.3 Å². The van der Waals surface area contributed by atoms with Crippen LogP contribution in [0.25, 0.3) is 10.9 Å². The summed E-state index contributed by atoms with van der Waals surface area (Å²) in [6.07, 6.45) is 0.828. The lowest BCUT2D eigenvalue weighted by Gasteiger charge is -2.19. The van der Waals surface area contributed by atoms with E-state index in [1.165, 1.54) is 0 Å². The third kappa shape index (κ3) is 3.07. The van der Waals surface area contributed by atoms with Crippen molar-refractivity contribution in [1.29, 1.82) is 0 Å². The van der Waals surface area contributed by atoms with E-state index in [0.29, 0.717) is 34.3 Å². The Bertz CT molecular complexity index is 1100. The lowest BCUT2D eigenvalue weighted by Crippen LogP contribution is -2.25. The number of hydrogen-bond acceptors (Lipinski definition) is 5. The van der Waals surface area contributed by atoms with Gasteiger partial charge in [-0.3, -0.25) is 9.48 Å². The van der Waals surface area contributed by atoms with Crippen LogP contribution in [0.15, 0.2) is 16.6 Å². The average molecular weight is 468 g/mol. The van der Waals surface area contributed by atoms with Gasteiger partial charge in [-0.05, 0) is 59.6 Å². The molecular weight excluding hydrogens is 451 g/mol. The number of hydrogen-bond donors (Lipinski definition) is 2. The number of rotatable bonds is 2. The third-order valence-electron chi connectivity index (χ3n) is 4.88. The summed E-state index contributed by atoms with van der Waals surface area (Å²) < 4.78 is 16.8. The van der Waals surface area contributed by atoms with E-state index in [2.05, 4.69) is 41.6 Å². The van der Waals surface area contributed by atoms with Gasteiger partial charge in [0.2, 0.25) is 5.28 Å². The molecule has 4 rings (SSSR count). The van der Waals surface area contributed by atoms with Crippen molar-refractivity contribution in [2.24, 2.45) is 0 Å². The molecule has 28 heavy (non-hydrogen) atoms. The Morgan fingerprint density at radius 3 is 2.96 bits per heavy atom. The van der Waals surface area contributed by atoms with Crippen LogP contribution in [-0.2, 0) is 6.54 Å². The predicted molar refractivity (Wildman–Crippen MR) is 107 cm³/mol. The minimum Gasteiger partial charge on any atom is -0.354 e. The van der Waals surface area contributed by atoms with Gasteiger partial charge >= 0.3 is 0 Å². The van der Waals surface area contributed by atoms with Gasteiger partial charge in [0.05, 0.1) is 21.9 Å². The van der Waals surface area contributed by atoms with Gasteiger partial charge in [-0.25, -0.2) is 14.4 Å². The highest BCUT2D eigenvalue weighted by molar-refractivity contribution is 9.10. The van der Waals surface area contributed by atoms with Crippen molar-refractivity contribution in [3.05, 3.63) is 50.4 Å². The lowest BCUT2D eigenvalue weighted by molar-refractivity contribution is 0.0956. The molecule has 1 aromatic carbocycles. The number of carbonyl (C=O) groups excluding carboxylic acids is 1. The molecule has 10 heteroatoms. The minimum absolute atomic E-state index is 0.0409. The number of carbonyl (C=O) groups is 1. The maximum absolute atomic E-state index is 14.6. The minimum atomic E-state index is -0.493. The van der Waals surface area contributed by atoms with Crippen LogP contribution in [0.1, 0.15) is 39.9 Å². The number of nitrogens with zero attached hydrogens (tertiary/aromatic N) is 4. The zero-order chi connectivity index (χ0) is 20.0. The topological polar surface area (TPSA) is 84.7 Å². The highest BCUT2D eigenvalue weighted by Crippen LogP contribution is 2.34. The molecule has 146 valence electrons. The van der Waals surface area contributed by atoms with E-state index in [4.69, 9.17) is 11.6 Å². The summed E-state index contributed by atoms with van der Waals surface area (Å²) in [5.41, 5.74) is 2.63. The van der Waals surface area contributed by atoms with Crippen LogP contribution in [0.5, 0.6) is 0 Å². The molecule has 3 heterocycles. The standard InChI is InChI=1S/C18H17BrClFN6O/c1-8-12(17(28)22-2)26-27-7-3-6-23-15(16(8)27)14-9-4-5-10(19)11(21)13(9)24-18(20)25-14/h4-5,15,23H,3,6-7H2,1-2H3,(H,22,28). The van der Waals surface area contributed by atoms with Gasteiger partial charge in [0, 0.05) is 24.5 Å². The van der Waals surface area contributed by atoms with Crippen LogP contribution in [0.3, 0.4) is 0 Å². The predicted octanol–water partition coefficient (Wildman–Crippen LogP) is 3.13. The molecule has 0 saturated heterocycles. The number of amides is 1. The van der Waals surface area contributed by atoms with Crippen LogP contribution in [0.4, 0.5) is 4.39 Å². The van der Waals surface area contributed by atoms with Gasteiger partial charge in [0.15, 0.2) is 11.5 Å². The molecule has 0 bridgehead atoms. The van der Waals surface area contributed by atoms with E-state index in [9.17, 15) is 9.18 Å². The van der Waals surface area contributed by atoms with Crippen LogP contribution >= 0.6 is 27.5 Å². The molecule has 1 amide bonds. The lowest BCUT2D eigenvalue weighted by atomic mass is 10.0. The number of nitrogens with one attached hydrogen (secondary N) is 2. The first-order valence-corrected chi connectivity index (χ1v) is 9.93. The summed E-state index contributed by atoms with van der Waals surface area (Å²) in [6, 6.07) is 2.98. The molecule has 0 aliphatic carbocycles. The van der Waals surface area contributed by atoms with Crippen molar-refractivity contribution in [1.82, 2.24) is 30.4 Å². The Kier molecular flexibility index (Phi) is 5.07. The molecule has 0 fully saturated rings. The molecule has 7 nitrogen and oxygen atoms in total. The molecule has 1 atom stereocenters. The smallest absolute Gasteiger partial charge is 0.271 e. The van der Waals surface area contributed by atoms with Crippen molar-refractivity contribution in [2.45, 2.75) is 25.9 Å². The molecular formula is C18H17BrClFN6O. The molecule has 1 aliphatic rings. The van der Waals surface area contributed by atoms with Gasteiger partial charge < -0.3 is 10.6 Å². The summed E-state index contributed by atoms with van der Waals surface area (Å²) >= 11 is 9.32. The second-order valence-corrected chi connectivity index (χ2v) is 7.73. The number of aromatic nitrogens is 4. The summed E-state index contributed by atoms with van der Waals surface area (Å²) in [6.45, 7) is 3.23. The van der Waals surface area contributed by atoms with Crippen molar-refractivity contribution in [3.63, 3.8) is 0 Å². The fourth-order valence-corrected chi connectivity index (χ4v) is 4.08. The van der Waals surface area contributed by atoms with Crippen LogP contribution < -0.4 is 10.6 Å². The molecule has 3 aromatic rings.